The van der Waals surface area contributed by atoms with Crippen LogP contribution in [0.2, 0.25) is 0 Å². The molecule has 0 spiro atoms. The van der Waals surface area contributed by atoms with Crippen LogP contribution in [0.3, 0.4) is 0 Å². The van der Waals surface area contributed by atoms with Gasteiger partial charge in [0.15, 0.2) is 0 Å². The largest absolute Gasteiger partial charge is 0.478 e. The Balaban J connectivity index is 1.90. The van der Waals surface area contributed by atoms with Crippen molar-refractivity contribution in [3.8, 4) is 10.6 Å². The standard InChI is InChI=1S/C20H18N4O4S/c1-2-10-28-24(11-15-14(20(26)27)4-3-5-16(15)21)19(25)17-12-29-18(23-17)13-6-8-22-9-7-13/h2-9,12H,1,10-11,21H2,(H,26,27). The predicted molar refractivity (Wildman–Crippen MR) is 109 cm³/mol. The predicted octanol–water partition coefficient (Wildman–Crippen LogP) is 3.25. The van der Waals surface area contributed by atoms with E-state index in [1.54, 1.807) is 42.0 Å². The number of pyridine rings is 1. The number of amides is 1. The third kappa shape index (κ3) is 4.65. The highest BCUT2D eigenvalue weighted by Gasteiger charge is 2.24. The summed E-state index contributed by atoms with van der Waals surface area (Å²) >= 11 is 1.31. The van der Waals surface area contributed by atoms with E-state index in [-0.39, 0.29) is 35.7 Å². The number of carbonyl (C=O) groups is 2. The van der Waals surface area contributed by atoms with Crippen molar-refractivity contribution in [1.29, 1.82) is 0 Å². The molecule has 3 N–H and O–H groups in total. The first-order valence-electron chi connectivity index (χ1n) is 8.53. The number of nitrogen functional groups attached to an aromatic ring is 1. The minimum atomic E-state index is -1.14. The number of carboxylic acids is 1. The summed E-state index contributed by atoms with van der Waals surface area (Å²) in [5.41, 5.74) is 7.50. The number of aromatic carboxylic acids is 1. The monoisotopic (exact) mass is 410 g/mol. The summed E-state index contributed by atoms with van der Waals surface area (Å²) in [6, 6.07) is 8.13. The number of hydrogen-bond acceptors (Lipinski definition) is 7. The number of aromatic nitrogens is 2. The number of anilines is 1. The van der Waals surface area contributed by atoms with Gasteiger partial charge in [-0.15, -0.1) is 17.9 Å². The van der Waals surface area contributed by atoms with Gasteiger partial charge >= 0.3 is 5.97 Å². The first kappa shape index (κ1) is 20.2. The maximum absolute atomic E-state index is 13.0. The number of benzene rings is 1. The number of nitrogens with two attached hydrogens (primary N) is 1. The average Bonchev–Trinajstić information content (AvgIpc) is 3.22. The Morgan fingerprint density at radius 3 is 2.72 bits per heavy atom. The Morgan fingerprint density at radius 2 is 2.03 bits per heavy atom. The first-order chi connectivity index (χ1) is 14.0. The molecule has 3 rings (SSSR count). The normalized spacial score (nSPS) is 10.5. The molecule has 0 saturated heterocycles. The number of hydroxylamine groups is 2. The smallest absolute Gasteiger partial charge is 0.336 e. The molecule has 0 aliphatic rings. The van der Waals surface area contributed by atoms with Crippen molar-refractivity contribution in [3.05, 3.63) is 77.6 Å². The Morgan fingerprint density at radius 1 is 1.28 bits per heavy atom. The number of rotatable bonds is 8. The summed E-state index contributed by atoms with van der Waals surface area (Å²) in [6.45, 7) is 3.49. The molecule has 1 amide bonds. The molecule has 9 heteroatoms. The van der Waals surface area contributed by atoms with Crippen LogP contribution in [0.25, 0.3) is 10.6 Å². The van der Waals surface area contributed by atoms with E-state index in [1.807, 2.05) is 0 Å². The van der Waals surface area contributed by atoms with E-state index in [9.17, 15) is 14.7 Å². The van der Waals surface area contributed by atoms with E-state index in [0.717, 1.165) is 10.6 Å². The van der Waals surface area contributed by atoms with Crippen LogP contribution in [0.15, 0.2) is 60.8 Å². The summed E-state index contributed by atoms with van der Waals surface area (Å²) < 4.78 is 0. The fourth-order valence-corrected chi connectivity index (χ4v) is 3.37. The van der Waals surface area contributed by atoms with Gasteiger partial charge in [-0.1, -0.05) is 12.1 Å². The molecule has 1 aromatic carbocycles. The van der Waals surface area contributed by atoms with Crippen molar-refractivity contribution in [2.45, 2.75) is 6.54 Å². The zero-order valence-corrected chi connectivity index (χ0v) is 16.1. The van der Waals surface area contributed by atoms with Gasteiger partial charge in [0.05, 0.1) is 18.7 Å². The van der Waals surface area contributed by atoms with E-state index in [0.29, 0.717) is 5.01 Å². The molecular weight excluding hydrogens is 392 g/mol. The number of thiazole rings is 1. The van der Waals surface area contributed by atoms with Crippen LogP contribution < -0.4 is 5.73 Å². The molecule has 0 aliphatic heterocycles. The van der Waals surface area contributed by atoms with E-state index in [2.05, 4.69) is 16.5 Å². The molecule has 0 bridgehead atoms. The van der Waals surface area contributed by atoms with Gasteiger partial charge < -0.3 is 10.8 Å². The SMILES string of the molecule is C=CCON(Cc1c(N)cccc1C(=O)O)C(=O)c1csc(-c2ccncc2)n1. The lowest BCUT2D eigenvalue weighted by Gasteiger charge is -2.22. The van der Waals surface area contributed by atoms with Gasteiger partial charge in [0.2, 0.25) is 0 Å². The van der Waals surface area contributed by atoms with Crippen molar-refractivity contribution >= 4 is 28.9 Å². The second-order valence-corrected chi connectivity index (χ2v) is 6.74. The number of carboxylic acid groups (broad SMARTS) is 1. The zero-order valence-electron chi connectivity index (χ0n) is 15.3. The summed E-state index contributed by atoms with van der Waals surface area (Å²) in [7, 11) is 0. The first-order valence-corrected chi connectivity index (χ1v) is 9.41. The van der Waals surface area contributed by atoms with Crippen LogP contribution in [-0.4, -0.2) is 38.6 Å². The molecule has 8 nitrogen and oxygen atoms in total. The Bertz CT molecular complexity index is 1040. The van der Waals surface area contributed by atoms with Crippen LogP contribution in [0.1, 0.15) is 26.4 Å². The van der Waals surface area contributed by atoms with Gasteiger partial charge in [-0.2, -0.15) is 0 Å². The third-order valence-corrected chi connectivity index (χ3v) is 4.86. The number of nitrogens with zero attached hydrogens (tertiary/aromatic N) is 3. The van der Waals surface area contributed by atoms with Gasteiger partial charge in [0, 0.05) is 34.6 Å². The minimum absolute atomic E-state index is 0.000699. The van der Waals surface area contributed by atoms with E-state index < -0.39 is 11.9 Å². The lowest BCUT2D eigenvalue weighted by Crippen LogP contribution is -2.32. The summed E-state index contributed by atoms with van der Waals surface area (Å²) in [5.74, 6) is -1.65. The zero-order chi connectivity index (χ0) is 20.8. The van der Waals surface area contributed by atoms with Crippen LogP contribution >= 0.6 is 11.3 Å². The lowest BCUT2D eigenvalue weighted by molar-refractivity contribution is -0.118. The highest BCUT2D eigenvalue weighted by Crippen LogP contribution is 2.25. The second kappa shape index (κ2) is 9.09. The van der Waals surface area contributed by atoms with Gasteiger partial charge in [-0.25, -0.2) is 14.8 Å². The van der Waals surface area contributed by atoms with Crippen LogP contribution in [0.5, 0.6) is 0 Å². The molecule has 2 heterocycles. The molecule has 148 valence electrons. The fourth-order valence-electron chi connectivity index (χ4n) is 2.57. The van der Waals surface area contributed by atoms with Crippen molar-refractivity contribution < 1.29 is 19.5 Å². The lowest BCUT2D eigenvalue weighted by atomic mass is 10.1. The molecule has 0 atom stereocenters. The molecule has 0 radical (unpaired) electrons. The number of hydrogen-bond donors (Lipinski definition) is 2. The third-order valence-electron chi connectivity index (χ3n) is 3.97. The Kier molecular flexibility index (Phi) is 6.32. The molecule has 29 heavy (non-hydrogen) atoms. The van der Waals surface area contributed by atoms with E-state index in [4.69, 9.17) is 10.6 Å². The maximum atomic E-state index is 13.0. The molecule has 0 saturated carbocycles. The van der Waals surface area contributed by atoms with E-state index in [1.165, 1.54) is 23.5 Å². The van der Waals surface area contributed by atoms with Gasteiger partial charge in [-0.3, -0.25) is 14.6 Å². The Hall–Kier alpha value is -3.56. The molecular formula is C20H18N4O4S. The van der Waals surface area contributed by atoms with Crippen LogP contribution in [-0.2, 0) is 11.4 Å². The van der Waals surface area contributed by atoms with Crippen molar-refractivity contribution in [3.63, 3.8) is 0 Å². The highest BCUT2D eigenvalue weighted by atomic mass is 32.1. The molecule has 3 aromatic rings. The highest BCUT2D eigenvalue weighted by molar-refractivity contribution is 7.13. The van der Waals surface area contributed by atoms with Gasteiger partial charge in [0.1, 0.15) is 10.7 Å². The second-order valence-electron chi connectivity index (χ2n) is 5.88. The topological polar surface area (TPSA) is 119 Å². The van der Waals surface area contributed by atoms with Crippen molar-refractivity contribution in [1.82, 2.24) is 15.0 Å². The Labute approximate surface area is 170 Å². The van der Waals surface area contributed by atoms with Gasteiger partial charge in [-0.05, 0) is 24.3 Å². The minimum Gasteiger partial charge on any atom is -0.478 e. The summed E-state index contributed by atoms with van der Waals surface area (Å²) in [5, 5.41) is 12.8. The molecule has 0 fully saturated rings. The summed E-state index contributed by atoms with van der Waals surface area (Å²) in [4.78, 5) is 38.4. The van der Waals surface area contributed by atoms with Crippen LogP contribution in [0.4, 0.5) is 5.69 Å². The van der Waals surface area contributed by atoms with Crippen molar-refractivity contribution in [2.75, 3.05) is 12.3 Å². The van der Waals surface area contributed by atoms with Gasteiger partial charge in [0.25, 0.3) is 5.91 Å². The number of carbonyl (C=O) groups excluding carboxylic acids is 1. The molecule has 0 aliphatic carbocycles. The molecule has 2 aromatic heterocycles. The van der Waals surface area contributed by atoms with E-state index >= 15 is 0 Å². The van der Waals surface area contributed by atoms with Crippen molar-refractivity contribution in [2.24, 2.45) is 0 Å². The quantitative estimate of drug-likeness (QED) is 0.332. The summed E-state index contributed by atoms with van der Waals surface area (Å²) in [6.07, 6.45) is 4.77. The average molecular weight is 410 g/mol. The molecule has 0 unspecified atom stereocenters. The van der Waals surface area contributed by atoms with Crippen LogP contribution in [0, 0.1) is 0 Å². The fraction of sp³-hybridized carbons (Fsp3) is 0.100. The maximum Gasteiger partial charge on any atom is 0.336 e.